The zero-order chi connectivity index (χ0) is 59.2. The molecular formula is C76H138O6. The molecule has 1 atom stereocenters. The summed E-state index contributed by atoms with van der Waals surface area (Å²) < 4.78 is 17.0. The SMILES string of the molecule is CC/C=C\C/C=C\C/C=C\C/C=C\CCCCCCC(=O)OCC(COC(=O)CCCCCCCCCCCCCCCCC/C=C\CCCCCCCCCC)OC(=O)CCCCCCCCCCCCCCCCCCCCCC. The molecule has 0 radical (unpaired) electrons. The Labute approximate surface area is 510 Å². The first-order valence-electron chi connectivity index (χ1n) is 36.3. The van der Waals surface area contributed by atoms with Crippen LogP contribution < -0.4 is 0 Å². The van der Waals surface area contributed by atoms with Gasteiger partial charge in [-0.3, -0.25) is 14.4 Å². The number of carbonyl (C=O) groups excluding carboxylic acids is 3. The number of hydrogen-bond acceptors (Lipinski definition) is 6. The lowest BCUT2D eigenvalue weighted by molar-refractivity contribution is -0.167. The van der Waals surface area contributed by atoms with E-state index in [4.69, 9.17) is 14.2 Å². The Morgan fingerprint density at radius 2 is 0.476 bits per heavy atom. The van der Waals surface area contributed by atoms with Crippen LogP contribution in [-0.4, -0.2) is 37.2 Å². The second-order valence-corrected chi connectivity index (χ2v) is 24.5. The smallest absolute Gasteiger partial charge is 0.306 e. The summed E-state index contributed by atoms with van der Waals surface area (Å²) in [5.41, 5.74) is 0. The van der Waals surface area contributed by atoms with Gasteiger partial charge in [0, 0.05) is 19.3 Å². The third-order valence-corrected chi connectivity index (χ3v) is 16.3. The molecule has 0 aliphatic carbocycles. The number of ether oxygens (including phenoxy) is 3. The normalized spacial score (nSPS) is 12.4. The lowest BCUT2D eigenvalue weighted by atomic mass is 10.0. The summed E-state index contributed by atoms with van der Waals surface area (Å²) in [6.07, 6.45) is 91.1. The summed E-state index contributed by atoms with van der Waals surface area (Å²) in [6.45, 7) is 6.58. The molecule has 0 saturated carbocycles. The molecule has 0 heterocycles. The predicted octanol–water partition coefficient (Wildman–Crippen LogP) is 25.1. The molecule has 0 aliphatic rings. The van der Waals surface area contributed by atoms with Gasteiger partial charge in [0.1, 0.15) is 13.2 Å². The molecule has 0 aromatic heterocycles. The van der Waals surface area contributed by atoms with Gasteiger partial charge >= 0.3 is 17.9 Å². The van der Waals surface area contributed by atoms with Crippen molar-refractivity contribution < 1.29 is 28.6 Å². The van der Waals surface area contributed by atoms with Crippen molar-refractivity contribution in [2.75, 3.05) is 13.2 Å². The minimum absolute atomic E-state index is 0.0776. The van der Waals surface area contributed by atoms with Crippen LogP contribution in [0.4, 0.5) is 0 Å². The Morgan fingerprint density at radius 1 is 0.256 bits per heavy atom. The van der Waals surface area contributed by atoms with E-state index in [9.17, 15) is 14.4 Å². The van der Waals surface area contributed by atoms with Crippen molar-refractivity contribution in [2.24, 2.45) is 0 Å². The Bertz CT molecular complexity index is 1460. The van der Waals surface area contributed by atoms with Gasteiger partial charge in [0.15, 0.2) is 6.10 Å². The molecule has 0 aromatic carbocycles. The van der Waals surface area contributed by atoms with Gasteiger partial charge in [-0.25, -0.2) is 0 Å². The van der Waals surface area contributed by atoms with Gasteiger partial charge in [-0.2, -0.15) is 0 Å². The molecule has 478 valence electrons. The fraction of sp³-hybridized carbons (Fsp3) is 0.829. The van der Waals surface area contributed by atoms with Crippen LogP contribution in [-0.2, 0) is 28.6 Å². The highest BCUT2D eigenvalue weighted by Gasteiger charge is 2.19. The summed E-state index contributed by atoms with van der Waals surface area (Å²) >= 11 is 0. The molecule has 0 aromatic rings. The molecule has 1 unspecified atom stereocenters. The highest BCUT2D eigenvalue weighted by Crippen LogP contribution is 2.18. The average molecular weight is 1150 g/mol. The molecule has 0 fully saturated rings. The summed E-state index contributed by atoms with van der Waals surface area (Å²) in [4.78, 5) is 38.5. The standard InChI is InChI=1S/C76H138O6/c1-4-7-10-13-16-19-22-25-28-31-33-35-36-37-38-39-40-41-43-45-48-51-54-57-60-63-66-69-75(78)81-72-73(71-80-74(77)68-65-62-59-56-53-50-47-44-30-27-24-21-18-15-12-9-6-3)82-76(79)70-67-64-61-58-55-52-49-46-42-34-32-29-26-23-20-17-14-11-8-5-2/h9,12,18,21,27,30-31,33,47,50,73H,4-8,10-11,13-17,19-20,22-26,28-29,32,34-46,48-49,51-72H2,1-3H3/b12-9-,21-18-,30-27-,33-31-,50-47-. The summed E-state index contributed by atoms with van der Waals surface area (Å²) in [5.74, 6) is -0.875. The van der Waals surface area contributed by atoms with Crippen molar-refractivity contribution in [1.29, 1.82) is 0 Å². The highest BCUT2D eigenvalue weighted by atomic mass is 16.6. The molecular weight excluding hydrogens is 1010 g/mol. The second kappa shape index (κ2) is 70.6. The van der Waals surface area contributed by atoms with Crippen molar-refractivity contribution in [1.82, 2.24) is 0 Å². The number of allylic oxidation sites excluding steroid dienone is 10. The number of hydrogen-bond donors (Lipinski definition) is 0. The minimum atomic E-state index is -0.784. The van der Waals surface area contributed by atoms with E-state index in [1.165, 1.54) is 250 Å². The van der Waals surface area contributed by atoms with Crippen molar-refractivity contribution in [3.8, 4) is 0 Å². The fourth-order valence-corrected chi connectivity index (χ4v) is 10.8. The quantitative estimate of drug-likeness (QED) is 0.0261. The van der Waals surface area contributed by atoms with Gasteiger partial charge in [-0.1, -0.05) is 345 Å². The lowest BCUT2D eigenvalue weighted by Gasteiger charge is -2.18. The van der Waals surface area contributed by atoms with Crippen LogP contribution in [0.2, 0.25) is 0 Å². The zero-order valence-corrected chi connectivity index (χ0v) is 55.0. The molecule has 0 rings (SSSR count). The van der Waals surface area contributed by atoms with Gasteiger partial charge in [0.25, 0.3) is 0 Å². The van der Waals surface area contributed by atoms with E-state index in [1.807, 2.05) is 0 Å². The van der Waals surface area contributed by atoms with Crippen LogP contribution >= 0.6 is 0 Å². The van der Waals surface area contributed by atoms with Crippen LogP contribution in [0.25, 0.3) is 0 Å². The molecule has 6 heteroatoms. The first-order chi connectivity index (χ1) is 40.5. The maximum atomic E-state index is 13.0. The maximum absolute atomic E-state index is 13.0. The van der Waals surface area contributed by atoms with E-state index >= 15 is 0 Å². The molecule has 0 aliphatic heterocycles. The molecule has 0 N–H and O–H groups in total. The third kappa shape index (κ3) is 67.9. The third-order valence-electron chi connectivity index (χ3n) is 16.3. The predicted molar refractivity (Wildman–Crippen MR) is 358 cm³/mol. The first kappa shape index (κ1) is 79.1. The van der Waals surface area contributed by atoms with Crippen LogP contribution in [0.15, 0.2) is 60.8 Å². The van der Waals surface area contributed by atoms with E-state index < -0.39 is 6.10 Å². The topological polar surface area (TPSA) is 78.9 Å². The average Bonchev–Trinajstić information content (AvgIpc) is 3.47. The van der Waals surface area contributed by atoms with Crippen LogP contribution in [0, 0.1) is 0 Å². The number of esters is 3. The summed E-state index contributed by atoms with van der Waals surface area (Å²) in [6, 6.07) is 0. The number of unbranched alkanes of at least 4 members (excludes halogenated alkanes) is 46. The van der Waals surface area contributed by atoms with Gasteiger partial charge in [0.2, 0.25) is 0 Å². The maximum Gasteiger partial charge on any atom is 0.306 e. The molecule has 0 spiro atoms. The van der Waals surface area contributed by atoms with Crippen LogP contribution in [0.3, 0.4) is 0 Å². The Morgan fingerprint density at radius 3 is 0.756 bits per heavy atom. The largest absolute Gasteiger partial charge is 0.462 e. The van der Waals surface area contributed by atoms with Crippen molar-refractivity contribution in [3.05, 3.63) is 60.8 Å². The van der Waals surface area contributed by atoms with Gasteiger partial charge in [-0.05, 0) is 83.5 Å². The molecule has 82 heavy (non-hydrogen) atoms. The Balaban J connectivity index is 4.29. The Kier molecular flexibility index (Phi) is 68.1. The van der Waals surface area contributed by atoms with Crippen molar-refractivity contribution in [3.63, 3.8) is 0 Å². The van der Waals surface area contributed by atoms with Gasteiger partial charge in [-0.15, -0.1) is 0 Å². The number of carbonyl (C=O) groups is 3. The monoisotopic (exact) mass is 1150 g/mol. The zero-order valence-electron chi connectivity index (χ0n) is 55.0. The van der Waals surface area contributed by atoms with Gasteiger partial charge < -0.3 is 14.2 Å². The van der Waals surface area contributed by atoms with E-state index in [2.05, 4.69) is 81.5 Å². The first-order valence-corrected chi connectivity index (χ1v) is 36.3. The second-order valence-electron chi connectivity index (χ2n) is 24.5. The Hall–Kier alpha value is -2.89. The fourth-order valence-electron chi connectivity index (χ4n) is 10.8. The summed E-state index contributed by atoms with van der Waals surface area (Å²) in [5, 5.41) is 0. The van der Waals surface area contributed by atoms with E-state index in [-0.39, 0.29) is 31.1 Å². The van der Waals surface area contributed by atoms with E-state index in [0.717, 1.165) is 96.3 Å². The van der Waals surface area contributed by atoms with Crippen molar-refractivity contribution >= 4 is 17.9 Å². The van der Waals surface area contributed by atoms with Crippen LogP contribution in [0.1, 0.15) is 387 Å². The van der Waals surface area contributed by atoms with Crippen molar-refractivity contribution in [2.45, 2.75) is 393 Å². The van der Waals surface area contributed by atoms with Crippen LogP contribution in [0.5, 0.6) is 0 Å². The molecule has 0 bridgehead atoms. The molecule has 6 nitrogen and oxygen atoms in total. The summed E-state index contributed by atoms with van der Waals surface area (Å²) in [7, 11) is 0. The van der Waals surface area contributed by atoms with E-state index in [1.54, 1.807) is 0 Å². The molecule has 0 saturated heterocycles. The lowest BCUT2D eigenvalue weighted by Crippen LogP contribution is -2.30. The highest BCUT2D eigenvalue weighted by molar-refractivity contribution is 5.71. The van der Waals surface area contributed by atoms with E-state index in [0.29, 0.717) is 19.3 Å². The van der Waals surface area contributed by atoms with Gasteiger partial charge in [0.05, 0.1) is 0 Å². The molecule has 0 amide bonds. The number of rotatable bonds is 67. The minimum Gasteiger partial charge on any atom is -0.462 e.